The Kier molecular flexibility index (Phi) is 5.26. The molecule has 2 amide bonds. The average Bonchev–Trinajstić information content (AvgIpc) is 2.49. The van der Waals surface area contributed by atoms with Gasteiger partial charge in [0.25, 0.3) is 0 Å². The molecule has 24 heavy (non-hydrogen) atoms. The number of carboxylic acids is 1. The van der Waals surface area contributed by atoms with Crippen LogP contribution in [0.2, 0.25) is 0 Å². The third kappa shape index (κ3) is 3.93. The summed E-state index contributed by atoms with van der Waals surface area (Å²) in [7, 11) is 0. The minimum atomic E-state index is -0.967. The average molecular weight is 332 g/mol. The topological polar surface area (TPSA) is 86.7 Å². The number of hydrogen-bond acceptors (Lipinski definition) is 3. The summed E-state index contributed by atoms with van der Waals surface area (Å²) in [4.78, 5) is 37.3. The highest BCUT2D eigenvalue weighted by Gasteiger charge is 2.34. The molecule has 1 aromatic rings. The monoisotopic (exact) mass is 332 g/mol. The fourth-order valence-electron chi connectivity index (χ4n) is 2.88. The van der Waals surface area contributed by atoms with Crippen LogP contribution in [0, 0.1) is 5.92 Å². The zero-order valence-electron chi connectivity index (χ0n) is 14.3. The maximum Gasteiger partial charge on any atom is 0.305 e. The number of nitrogens with zero attached hydrogens (tertiary/aromatic N) is 1. The number of aryl methyl sites for hydroxylation is 1. The minimum absolute atomic E-state index is 0.0538. The van der Waals surface area contributed by atoms with E-state index in [1.807, 2.05) is 38.1 Å². The molecule has 2 rings (SSSR count). The van der Waals surface area contributed by atoms with Gasteiger partial charge < -0.3 is 15.3 Å². The van der Waals surface area contributed by atoms with Crippen LogP contribution in [0.4, 0.5) is 5.69 Å². The van der Waals surface area contributed by atoms with Crippen molar-refractivity contribution in [3.05, 3.63) is 29.8 Å². The summed E-state index contributed by atoms with van der Waals surface area (Å²) in [5, 5.41) is 11.9. The van der Waals surface area contributed by atoms with Crippen LogP contribution in [0.5, 0.6) is 0 Å². The Morgan fingerprint density at radius 1 is 1.29 bits per heavy atom. The predicted octanol–water partition coefficient (Wildman–Crippen LogP) is 1.97. The van der Waals surface area contributed by atoms with Crippen LogP contribution < -0.4 is 10.2 Å². The molecule has 6 heteroatoms. The third-order valence-electron chi connectivity index (χ3n) is 4.71. The Morgan fingerprint density at radius 3 is 2.58 bits per heavy atom. The normalized spacial score (nSPS) is 16.5. The van der Waals surface area contributed by atoms with E-state index in [1.54, 1.807) is 6.92 Å². The maximum absolute atomic E-state index is 12.5. The van der Waals surface area contributed by atoms with Crippen LogP contribution in [0.25, 0.3) is 0 Å². The van der Waals surface area contributed by atoms with Gasteiger partial charge in [-0.15, -0.1) is 0 Å². The number of nitrogens with one attached hydrogen (secondary N) is 1. The molecule has 130 valence electrons. The largest absolute Gasteiger partial charge is 0.481 e. The van der Waals surface area contributed by atoms with Gasteiger partial charge in [0.15, 0.2) is 0 Å². The zero-order valence-corrected chi connectivity index (χ0v) is 14.3. The van der Waals surface area contributed by atoms with E-state index in [1.165, 1.54) is 4.90 Å². The van der Waals surface area contributed by atoms with Gasteiger partial charge in [-0.25, -0.2) is 0 Å². The molecule has 1 aromatic carbocycles. The van der Waals surface area contributed by atoms with Crippen molar-refractivity contribution in [2.75, 3.05) is 11.4 Å². The van der Waals surface area contributed by atoms with E-state index in [0.29, 0.717) is 12.8 Å². The van der Waals surface area contributed by atoms with E-state index >= 15 is 0 Å². The number of benzene rings is 1. The number of aliphatic carboxylic acids is 1. The molecule has 1 aliphatic rings. The molecule has 6 nitrogen and oxygen atoms in total. The van der Waals surface area contributed by atoms with Gasteiger partial charge >= 0.3 is 5.97 Å². The summed E-state index contributed by atoms with van der Waals surface area (Å²) in [5.74, 6) is -1.46. The molecule has 0 aromatic heterocycles. The molecule has 0 aliphatic carbocycles. The van der Waals surface area contributed by atoms with Gasteiger partial charge in [0.2, 0.25) is 11.8 Å². The summed E-state index contributed by atoms with van der Waals surface area (Å²) in [6, 6.07) is 7.54. The highest BCUT2D eigenvalue weighted by atomic mass is 16.4. The van der Waals surface area contributed by atoms with Crippen LogP contribution in [-0.4, -0.2) is 35.0 Å². The minimum Gasteiger partial charge on any atom is -0.481 e. The molecule has 0 fully saturated rings. The summed E-state index contributed by atoms with van der Waals surface area (Å²) < 4.78 is 0. The van der Waals surface area contributed by atoms with Crippen LogP contribution in [0.1, 0.15) is 39.2 Å². The molecule has 0 bridgehead atoms. The molecule has 0 saturated carbocycles. The van der Waals surface area contributed by atoms with E-state index in [4.69, 9.17) is 5.11 Å². The molecule has 2 N–H and O–H groups in total. The van der Waals surface area contributed by atoms with E-state index in [2.05, 4.69) is 5.32 Å². The lowest BCUT2D eigenvalue weighted by Crippen LogP contribution is -2.54. The molecular formula is C18H24N2O4. The van der Waals surface area contributed by atoms with E-state index in [-0.39, 0.29) is 30.7 Å². The quantitative estimate of drug-likeness (QED) is 0.834. The number of rotatable bonds is 6. The number of carbonyl (C=O) groups is 3. The number of carbonyl (C=O) groups excluding carboxylic acids is 2. The first-order chi connectivity index (χ1) is 11.2. The summed E-state index contributed by atoms with van der Waals surface area (Å²) in [6.07, 6.45) is 0.887. The number of hydrogen-bond donors (Lipinski definition) is 2. The number of amides is 2. The van der Waals surface area contributed by atoms with Crippen molar-refractivity contribution in [1.29, 1.82) is 0 Å². The second-order valence-electron chi connectivity index (χ2n) is 6.80. The zero-order chi connectivity index (χ0) is 17.9. The molecule has 1 heterocycles. The first-order valence-electron chi connectivity index (χ1n) is 8.14. The van der Waals surface area contributed by atoms with Gasteiger partial charge in [0, 0.05) is 12.1 Å². The molecule has 0 saturated heterocycles. The van der Waals surface area contributed by atoms with Gasteiger partial charge in [0.05, 0.1) is 12.0 Å². The van der Waals surface area contributed by atoms with Crippen molar-refractivity contribution < 1.29 is 19.5 Å². The molecule has 1 aliphatic heterocycles. The predicted molar refractivity (Wildman–Crippen MR) is 90.8 cm³/mol. The van der Waals surface area contributed by atoms with E-state index in [0.717, 1.165) is 11.3 Å². The van der Waals surface area contributed by atoms with Crippen molar-refractivity contribution in [2.24, 2.45) is 5.92 Å². The smallest absolute Gasteiger partial charge is 0.305 e. The van der Waals surface area contributed by atoms with Crippen molar-refractivity contribution in [3.63, 3.8) is 0 Å². The highest BCUT2D eigenvalue weighted by Crippen LogP contribution is 2.27. The summed E-state index contributed by atoms with van der Waals surface area (Å²) in [5.41, 5.74) is 0.941. The van der Waals surface area contributed by atoms with Crippen LogP contribution >= 0.6 is 0 Å². The lowest BCUT2D eigenvalue weighted by Gasteiger charge is -2.35. The Morgan fingerprint density at radius 2 is 1.96 bits per heavy atom. The van der Waals surface area contributed by atoms with Gasteiger partial charge in [-0.1, -0.05) is 32.0 Å². The summed E-state index contributed by atoms with van der Waals surface area (Å²) >= 11 is 0. The summed E-state index contributed by atoms with van der Waals surface area (Å²) in [6.45, 7) is 5.35. The van der Waals surface area contributed by atoms with Gasteiger partial charge in [-0.3, -0.25) is 14.4 Å². The second-order valence-corrected chi connectivity index (χ2v) is 6.80. The van der Waals surface area contributed by atoms with E-state index in [9.17, 15) is 14.4 Å². The van der Waals surface area contributed by atoms with Crippen LogP contribution in [0.3, 0.4) is 0 Å². The fraction of sp³-hybridized carbons (Fsp3) is 0.500. The molecule has 0 spiro atoms. The Hall–Kier alpha value is -2.37. The van der Waals surface area contributed by atoms with Gasteiger partial charge in [0.1, 0.15) is 6.54 Å². The number of carboxylic acid groups (broad SMARTS) is 1. The van der Waals surface area contributed by atoms with Crippen molar-refractivity contribution in [2.45, 2.75) is 45.6 Å². The van der Waals surface area contributed by atoms with Crippen LogP contribution in [-0.2, 0) is 20.8 Å². The molecule has 1 unspecified atom stereocenters. The van der Waals surface area contributed by atoms with E-state index < -0.39 is 11.5 Å². The maximum atomic E-state index is 12.5. The number of anilines is 1. The van der Waals surface area contributed by atoms with Crippen molar-refractivity contribution in [1.82, 2.24) is 5.32 Å². The van der Waals surface area contributed by atoms with Crippen molar-refractivity contribution in [3.8, 4) is 0 Å². The standard InChI is InChI=1S/C18H24N2O4/c1-12(2)18(3,10-17(23)24)19-15(21)11-20-14-7-5-4-6-13(14)8-9-16(20)22/h4-7,12H,8-11H2,1-3H3,(H,19,21)(H,23,24). The number of para-hydroxylation sites is 1. The molecule has 1 atom stereocenters. The van der Waals surface area contributed by atoms with Crippen LogP contribution in [0.15, 0.2) is 24.3 Å². The number of fused-ring (bicyclic) bond motifs is 1. The first kappa shape index (κ1) is 18.0. The molecular weight excluding hydrogens is 308 g/mol. The second kappa shape index (κ2) is 7.03. The van der Waals surface area contributed by atoms with Gasteiger partial charge in [-0.2, -0.15) is 0 Å². The Labute approximate surface area is 141 Å². The first-order valence-corrected chi connectivity index (χ1v) is 8.14. The lowest BCUT2D eigenvalue weighted by atomic mass is 9.85. The van der Waals surface area contributed by atoms with Crippen molar-refractivity contribution >= 4 is 23.5 Å². The van der Waals surface area contributed by atoms with Gasteiger partial charge in [-0.05, 0) is 30.9 Å². The fourth-order valence-corrected chi connectivity index (χ4v) is 2.88. The SMILES string of the molecule is CC(C)C(C)(CC(=O)O)NC(=O)CN1C(=O)CCc2ccccc21. The lowest BCUT2D eigenvalue weighted by molar-refractivity contribution is -0.139. The Bertz CT molecular complexity index is 656. The molecule has 0 radical (unpaired) electrons. The highest BCUT2D eigenvalue weighted by molar-refractivity contribution is 6.01. The Balaban J connectivity index is 2.14. The third-order valence-corrected chi connectivity index (χ3v) is 4.71.